The number of aromatic amines is 1. The van der Waals surface area contributed by atoms with Gasteiger partial charge in [-0.05, 0) is 6.07 Å². The summed E-state index contributed by atoms with van der Waals surface area (Å²) in [7, 11) is -0.365. The first-order valence-electron chi connectivity index (χ1n) is 7.88. The summed E-state index contributed by atoms with van der Waals surface area (Å²) in [6.45, 7) is 0. The van der Waals surface area contributed by atoms with Crippen molar-refractivity contribution >= 4 is 30.6 Å². The van der Waals surface area contributed by atoms with Crippen molar-refractivity contribution in [1.29, 1.82) is 0 Å². The number of H-pyrrole nitrogens is 1. The molecule has 154 valence electrons. The minimum Gasteiger partial charge on any atom is -0.382 e. The molecule has 0 aliphatic rings. The second-order valence-corrected chi connectivity index (χ2v) is 6.48. The fourth-order valence-electron chi connectivity index (χ4n) is 2.61. The Kier molecular flexibility index (Phi) is 5.76. The van der Waals surface area contributed by atoms with Gasteiger partial charge in [0.05, 0.1) is 16.5 Å². The van der Waals surface area contributed by atoms with Gasteiger partial charge in [-0.1, -0.05) is 12.1 Å². The zero-order valence-electron chi connectivity index (χ0n) is 14.1. The van der Waals surface area contributed by atoms with Crippen LogP contribution in [0.5, 0.6) is 0 Å². The van der Waals surface area contributed by atoms with Crippen molar-refractivity contribution in [2.75, 3.05) is 5.32 Å². The average Bonchev–Trinajstić information content (AvgIpc) is 3.10. The number of aromatic nitrogens is 3. The number of hydrogen-bond donors (Lipinski definition) is 3. The van der Waals surface area contributed by atoms with E-state index in [0.717, 1.165) is 0 Å². The van der Waals surface area contributed by atoms with Gasteiger partial charge in [0, 0.05) is 23.3 Å². The van der Waals surface area contributed by atoms with Gasteiger partial charge in [-0.25, -0.2) is 23.1 Å². The maximum atomic E-state index is 13.7. The predicted molar refractivity (Wildman–Crippen MR) is 92.1 cm³/mol. The number of nitrogens with one attached hydrogen (secondary N) is 2. The monoisotopic (exact) mass is 436 g/mol. The van der Waals surface area contributed by atoms with E-state index < -0.39 is 42.2 Å². The van der Waals surface area contributed by atoms with Crippen LogP contribution in [0, 0.1) is 0 Å². The number of benzene rings is 1. The predicted octanol–water partition coefficient (Wildman–Crippen LogP) is 3.89. The smallest absolute Gasteiger partial charge is 0.382 e. The lowest BCUT2D eigenvalue weighted by Crippen LogP contribution is -2.35. The number of alkyl halides is 6. The van der Waals surface area contributed by atoms with E-state index >= 15 is 0 Å². The summed E-state index contributed by atoms with van der Waals surface area (Å²) in [5, 5.41) is 11.3. The van der Waals surface area contributed by atoms with Gasteiger partial charge >= 0.3 is 6.18 Å². The van der Waals surface area contributed by atoms with Crippen molar-refractivity contribution in [3.63, 3.8) is 0 Å². The van der Waals surface area contributed by atoms with E-state index in [-0.39, 0.29) is 19.4 Å². The zero-order valence-corrected chi connectivity index (χ0v) is 15.0. The van der Waals surface area contributed by atoms with Gasteiger partial charge in [-0.2, -0.15) is 13.2 Å². The van der Waals surface area contributed by atoms with Crippen molar-refractivity contribution in [3.8, 4) is 11.3 Å². The molecule has 2 heterocycles. The van der Waals surface area contributed by atoms with Gasteiger partial charge in [0.15, 0.2) is 14.6 Å². The van der Waals surface area contributed by atoms with Crippen LogP contribution in [-0.4, -0.2) is 38.9 Å². The van der Waals surface area contributed by atoms with Crippen LogP contribution in [0.3, 0.4) is 0 Å². The summed E-state index contributed by atoms with van der Waals surface area (Å²) in [5.74, 6) is -0.729. The third-order valence-electron chi connectivity index (χ3n) is 3.97. The Hall–Kier alpha value is -2.72. The maximum absolute atomic E-state index is 13.7. The first kappa shape index (κ1) is 21.0. The first-order valence-corrected chi connectivity index (χ1v) is 8.69. The van der Waals surface area contributed by atoms with E-state index in [1.54, 1.807) is 5.32 Å². The molecule has 3 rings (SSSR count). The van der Waals surface area contributed by atoms with Gasteiger partial charge in [0.1, 0.15) is 5.56 Å². The number of para-hydroxylation sites is 1. The molecule has 0 spiro atoms. The summed E-state index contributed by atoms with van der Waals surface area (Å²) in [5.41, 5.74) is -1.65. The number of halogens is 6. The highest BCUT2D eigenvalue weighted by atomic mass is 31.1. The summed E-state index contributed by atoms with van der Waals surface area (Å²) in [6, 6.07) is 4.43. The molecule has 1 aromatic carbocycles. The molecule has 3 aromatic rings. The highest BCUT2D eigenvalue weighted by Crippen LogP contribution is 2.38. The molecule has 0 saturated carbocycles. The van der Waals surface area contributed by atoms with Crippen LogP contribution in [0.1, 0.15) is 5.56 Å². The van der Waals surface area contributed by atoms with Crippen molar-refractivity contribution in [2.24, 2.45) is 0 Å². The molecule has 0 radical (unpaired) electrons. The third kappa shape index (κ3) is 4.18. The fourth-order valence-corrected chi connectivity index (χ4v) is 3.03. The van der Waals surface area contributed by atoms with Gasteiger partial charge in [-0.15, -0.1) is 0 Å². The molecule has 0 fully saturated rings. The Morgan fingerprint density at radius 2 is 1.93 bits per heavy atom. The number of rotatable bonds is 6. The standard InChI is InChI=1S/C16H11F6N4O2P/c17-13(18)12(27)14(19)26-15-24-5-8(16(20,21)22)10(25-15)7-4-23-11-6(7)2-1-3-9(11)29-28/h1-5,12-14,23,27H,(H,24,25,26). The molecular weight excluding hydrogens is 425 g/mol. The number of hydrogen-bond acceptors (Lipinski definition) is 5. The Bertz CT molecular complexity index is 1040. The van der Waals surface area contributed by atoms with Crippen molar-refractivity contribution in [2.45, 2.75) is 25.0 Å². The number of anilines is 1. The summed E-state index contributed by atoms with van der Waals surface area (Å²) < 4.78 is 90.0. The van der Waals surface area contributed by atoms with Crippen LogP contribution in [-0.2, 0) is 10.7 Å². The van der Waals surface area contributed by atoms with Crippen LogP contribution in [0.4, 0.5) is 32.3 Å². The lowest BCUT2D eigenvalue weighted by atomic mass is 10.1. The van der Waals surface area contributed by atoms with E-state index in [4.69, 9.17) is 5.11 Å². The molecule has 2 unspecified atom stereocenters. The Labute approximate surface area is 160 Å². The van der Waals surface area contributed by atoms with Crippen molar-refractivity contribution in [1.82, 2.24) is 15.0 Å². The molecular formula is C16H11F6N4O2P. The van der Waals surface area contributed by atoms with E-state index in [2.05, 4.69) is 15.0 Å². The van der Waals surface area contributed by atoms with Gasteiger partial charge < -0.3 is 15.4 Å². The van der Waals surface area contributed by atoms with Crippen LogP contribution in [0.25, 0.3) is 22.2 Å². The second kappa shape index (κ2) is 7.96. The molecule has 3 N–H and O–H groups in total. The average molecular weight is 436 g/mol. The molecule has 2 atom stereocenters. The number of nitrogens with zero attached hydrogens (tertiary/aromatic N) is 2. The van der Waals surface area contributed by atoms with Gasteiger partial charge in [0.25, 0.3) is 6.43 Å². The largest absolute Gasteiger partial charge is 0.419 e. The van der Waals surface area contributed by atoms with Crippen LogP contribution >= 0.6 is 8.46 Å². The van der Waals surface area contributed by atoms with Crippen LogP contribution in [0.2, 0.25) is 0 Å². The van der Waals surface area contributed by atoms with E-state index in [0.29, 0.717) is 17.0 Å². The summed E-state index contributed by atoms with van der Waals surface area (Å²) in [4.78, 5) is 9.65. The highest BCUT2D eigenvalue weighted by Gasteiger charge is 2.36. The van der Waals surface area contributed by atoms with E-state index in [9.17, 15) is 30.9 Å². The molecule has 2 aromatic heterocycles. The molecule has 0 bridgehead atoms. The fraction of sp³-hybridized carbons (Fsp3) is 0.250. The molecule has 0 saturated heterocycles. The lowest BCUT2D eigenvalue weighted by molar-refractivity contribution is -0.137. The van der Waals surface area contributed by atoms with E-state index in [1.807, 2.05) is 0 Å². The molecule has 0 amide bonds. The second-order valence-electron chi connectivity index (χ2n) is 5.82. The summed E-state index contributed by atoms with van der Waals surface area (Å²) >= 11 is 0. The molecule has 13 heteroatoms. The third-order valence-corrected chi connectivity index (χ3v) is 4.54. The molecule has 0 aliphatic carbocycles. The van der Waals surface area contributed by atoms with Crippen molar-refractivity contribution in [3.05, 3.63) is 36.2 Å². The normalized spacial score (nSPS) is 14.5. The summed E-state index contributed by atoms with van der Waals surface area (Å²) in [6.07, 6.45) is -12.2. The number of aliphatic hydroxyl groups is 1. The number of aliphatic hydroxyl groups excluding tert-OH is 1. The number of fused-ring (bicyclic) bond motifs is 1. The van der Waals surface area contributed by atoms with E-state index in [1.165, 1.54) is 24.4 Å². The Balaban J connectivity index is 2.13. The lowest BCUT2D eigenvalue weighted by Gasteiger charge is -2.17. The first-order chi connectivity index (χ1) is 13.6. The quantitative estimate of drug-likeness (QED) is 0.310. The SMILES string of the molecule is O=Pc1cccc2c(-c3nc(NC(F)C(O)C(F)F)ncc3C(F)(F)F)c[nH]c12. The van der Waals surface area contributed by atoms with Crippen LogP contribution in [0.15, 0.2) is 30.6 Å². The van der Waals surface area contributed by atoms with Crippen molar-refractivity contribution < 1.29 is 36.0 Å². The molecule has 6 nitrogen and oxygen atoms in total. The highest BCUT2D eigenvalue weighted by molar-refractivity contribution is 7.34. The molecule has 0 aliphatic heterocycles. The Morgan fingerprint density at radius 3 is 2.55 bits per heavy atom. The minimum absolute atomic E-state index is 0.0481. The minimum atomic E-state index is -4.87. The molecule has 29 heavy (non-hydrogen) atoms. The zero-order chi connectivity index (χ0) is 21.3. The van der Waals surface area contributed by atoms with Crippen LogP contribution < -0.4 is 10.6 Å². The maximum Gasteiger partial charge on any atom is 0.419 e. The van der Waals surface area contributed by atoms with Gasteiger partial charge in [-0.3, -0.25) is 4.57 Å². The topological polar surface area (TPSA) is 90.9 Å². The Morgan fingerprint density at radius 1 is 1.21 bits per heavy atom. The van der Waals surface area contributed by atoms with Gasteiger partial charge in [0.2, 0.25) is 12.2 Å².